The molecule has 7 heteroatoms. The van der Waals surface area contributed by atoms with Gasteiger partial charge < -0.3 is 15.3 Å². The molecule has 0 unspecified atom stereocenters. The summed E-state index contributed by atoms with van der Waals surface area (Å²) in [5, 5.41) is 9.06. The van der Waals surface area contributed by atoms with E-state index in [4.69, 9.17) is 10.2 Å². The number of furan rings is 1. The number of carboxylic acid groups (broad SMARTS) is 1. The van der Waals surface area contributed by atoms with Crippen molar-refractivity contribution in [3.05, 3.63) is 72.0 Å². The lowest BCUT2D eigenvalue weighted by Gasteiger charge is -2.08. The third-order valence-corrected chi connectivity index (χ3v) is 5.28. The highest BCUT2D eigenvalue weighted by Gasteiger charge is 2.24. The molecule has 0 atom stereocenters. The Labute approximate surface area is 144 Å². The van der Waals surface area contributed by atoms with Gasteiger partial charge in [-0.2, -0.15) is 0 Å². The Balaban J connectivity index is 2.18. The van der Waals surface area contributed by atoms with Crippen molar-refractivity contribution in [2.75, 3.05) is 0 Å². The zero-order valence-electron chi connectivity index (χ0n) is 13.0. The fourth-order valence-electron chi connectivity index (χ4n) is 2.40. The van der Waals surface area contributed by atoms with E-state index in [1.165, 1.54) is 24.3 Å². The van der Waals surface area contributed by atoms with Gasteiger partial charge in [0.05, 0.1) is 17.0 Å². The molecule has 1 aromatic heterocycles. The monoisotopic (exact) mass is 357 g/mol. The van der Waals surface area contributed by atoms with Crippen molar-refractivity contribution in [1.29, 1.82) is 0 Å². The highest BCUT2D eigenvalue weighted by molar-refractivity contribution is 7.91. The van der Waals surface area contributed by atoms with Crippen LogP contribution < -0.4 is 5.73 Å². The van der Waals surface area contributed by atoms with E-state index in [2.05, 4.69) is 0 Å². The number of nitrogens with two attached hydrogens (primary N) is 1. The lowest BCUT2D eigenvalue weighted by molar-refractivity contribution is 0.0696. The standard InChI is InChI=1S/C18H15NO5S/c19-11-15-6-7-17(24-15)25(22,23)16-9-13(8-14(10-16)18(20)21)12-4-2-1-3-5-12/h1-10H,11,19H2,(H,20,21). The average molecular weight is 357 g/mol. The van der Waals surface area contributed by atoms with Crippen LogP contribution in [0.5, 0.6) is 0 Å². The minimum Gasteiger partial charge on any atom is -0.478 e. The molecule has 0 aliphatic carbocycles. The summed E-state index contributed by atoms with van der Waals surface area (Å²) in [6, 6.07) is 15.7. The Bertz CT molecular complexity index is 1020. The Morgan fingerprint density at radius 3 is 2.32 bits per heavy atom. The van der Waals surface area contributed by atoms with Crippen LogP contribution in [-0.4, -0.2) is 19.5 Å². The van der Waals surface area contributed by atoms with Crippen LogP contribution in [0.15, 0.2) is 75.1 Å². The summed E-state index contributed by atoms with van der Waals surface area (Å²) < 4.78 is 30.8. The second kappa shape index (κ2) is 6.54. The largest absolute Gasteiger partial charge is 0.478 e. The molecule has 0 spiro atoms. The molecule has 0 radical (unpaired) electrons. The van der Waals surface area contributed by atoms with Gasteiger partial charge in [0.25, 0.3) is 0 Å². The van der Waals surface area contributed by atoms with E-state index in [1.807, 2.05) is 6.07 Å². The van der Waals surface area contributed by atoms with Gasteiger partial charge in [-0.3, -0.25) is 0 Å². The number of benzene rings is 2. The fourth-order valence-corrected chi connectivity index (χ4v) is 3.66. The highest BCUT2D eigenvalue weighted by Crippen LogP contribution is 2.29. The molecule has 1 heterocycles. The van der Waals surface area contributed by atoms with Crippen molar-refractivity contribution < 1.29 is 22.7 Å². The molecule has 3 N–H and O–H groups in total. The molecular weight excluding hydrogens is 342 g/mol. The van der Waals surface area contributed by atoms with E-state index in [0.717, 1.165) is 6.07 Å². The lowest BCUT2D eigenvalue weighted by atomic mass is 10.0. The zero-order chi connectivity index (χ0) is 18.0. The van der Waals surface area contributed by atoms with E-state index in [0.29, 0.717) is 16.9 Å². The van der Waals surface area contributed by atoms with Crippen LogP contribution in [0.4, 0.5) is 0 Å². The number of rotatable bonds is 5. The van der Waals surface area contributed by atoms with Crippen molar-refractivity contribution in [2.45, 2.75) is 16.5 Å². The van der Waals surface area contributed by atoms with Gasteiger partial charge in [-0.05, 0) is 41.5 Å². The quantitative estimate of drug-likeness (QED) is 0.726. The summed E-state index contributed by atoms with van der Waals surface area (Å²) in [4.78, 5) is 11.3. The summed E-state index contributed by atoms with van der Waals surface area (Å²) in [6.07, 6.45) is 0. The minimum absolute atomic E-state index is 0.0694. The molecular formula is C18H15NO5S. The van der Waals surface area contributed by atoms with E-state index in [9.17, 15) is 18.3 Å². The highest BCUT2D eigenvalue weighted by atomic mass is 32.2. The summed E-state index contributed by atoms with van der Waals surface area (Å²) in [5.74, 6) is -0.882. The van der Waals surface area contributed by atoms with Gasteiger partial charge in [-0.1, -0.05) is 30.3 Å². The van der Waals surface area contributed by atoms with E-state index >= 15 is 0 Å². The molecule has 128 valence electrons. The van der Waals surface area contributed by atoms with Crippen molar-refractivity contribution in [2.24, 2.45) is 5.73 Å². The first-order valence-corrected chi connectivity index (χ1v) is 8.88. The zero-order valence-corrected chi connectivity index (χ0v) is 13.9. The molecule has 3 aromatic rings. The Morgan fingerprint density at radius 2 is 1.72 bits per heavy atom. The van der Waals surface area contributed by atoms with Gasteiger partial charge >= 0.3 is 5.97 Å². The second-order valence-electron chi connectivity index (χ2n) is 5.35. The maximum Gasteiger partial charge on any atom is 0.335 e. The van der Waals surface area contributed by atoms with Gasteiger partial charge in [-0.25, -0.2) is 13.2 Å². The van der Waals surface area contributed by atoms with Gasteiger partial charge in [0.15, 0.2) is 0 Å². The predicted octanol–water partition coefficient (Wildman–Crippen LogP) is 2.94. The third-order valence-electron chi connectivity index (χ3n) is 3.67. The molecule has 0 amide bonds. The molecule has 0 aliphatic heterocycles. The molecule has 2 aromatic carbocycles. The van der Waals surface area contributed by atoms with Gasteiger partial charge in [0.1, 0.15) is 5.76 Å². The lowest BCUT2D eigenvalue weighted by Crippen LogP contribution is -2.05. The molecule has 0 saturated carbocycles. The van der Waals surface area contributed by atoms with Gasteiger partial charge in [0.2, 0.25) is 14.9 Å². The first kappa shape index (κ1) is 16.9. The van der Waals surface area contributed by atoms with Crippen LogP contribution in [0.25, 0.3) is 11.1 Å². The van der Waals surface area contributed by atoms with Crippen LogP contribution in [0.3, 0.4) is 0 Å². The maximum atomic E-state index is 12.8. The second-order valence-corrected chi connectivity index (χ2v) is 7.23. The predicted molar refractivity (Wildman–Crippen MR) is 90.9 cm³/mol. The molecule has 3 rings (SSSR count). The number of aromatic carboxylic acids is 1. The van der Waals surface area contributed by atoms with Crippen molar-refractivity contribution in [3.63, 3.8) is 0 Å². The van der Waals surface area contributed by atoms with Gasteiger partial charge in [0, 0.05) is 0 Å². The van der Waals surface area contributed by atoms with Crippen molar-refractivity contribution in [1.82, 2.24) is 0 Å². The molecule has 6 nitrogen and oxygen atoms in total. The molecule has 0 fully saturated rings. The first-order chi connectivity index (χ1) is 11.9. The summed E-state index contributed by atoms with van der Waals surface area (Å²) in [7, 11) is -4.00. The number of carbonyl (C=O) groups is 1. The number of carboxylic acids is 1. The van der Waals surface area contributed by atoms with Crippen LogP contribution in [-0.2, 0) is 16.4 Å². The van der Waals surface area contributed by atoms with Crippen molar-refractivity contribution >= 4 is 15.8 Å². The fraction of sp³-hybridized carbons (Fsp3) is 0.0556. The summed E-state index contributed by atoms with van der Waals surface area (Å²) >= 11 is 0. The topological polar surface area (TPSA) is 111 Å². The Kier molecular flexibility index (Phi) is 4.43. The normalized spacial score (nSPS) is 11.4. The maximum absolute atomic E-state index is 12.8. The molecule has 25 heavy (non-hydrogen) atoms. The van der Waals surface area contributed by atoms with Crippen LogP contribution in [0.1, 0.15) is 16.1 Å². The SMILES string of the molecule is NCc1ccc(S(=O)(=O)c2cc(C(=O)O)cc(-c3ccccc3)c2)o1. The number of hydrogen-bond acceptors (Lipinski definition) is 5. The molecule has 0 bridgehead atoms. The van der Waals surface area contributed by atoms with E-state index in [1.54, 1.807) is 24.3 Å². The van der Waals surface area contributed by atoms with Crippen LogP contribution >= 0.6 is 0 Å². The van der Waals surface area contributed by atoms with E-state index in [-0.39, 0.29) is 22.1 Å². The number of hydrogen-bond donors (Lipinski definition) is 2. The Morgan fingerprint density at radius 1 is 1.00 bits per heavy atom. The number of sulfone groups is 1. The van der Waals surface area contributed by atoms with Crippen LogP contribution in [0.2, 0.25) is 0 Å². The smallest absolute Gasteiger partial charge is 0.335 e. The summed E-state index contributed by atoms with van der Waals surface area (Å²) in [5.41, 5.74) is 6.53. The van der Waals surface area contributed by atoms with Crippen LogP contribution in [0, 0.1) is 0 Å². The first-order valence-electron chi connectivity index (χ1n) is 7.39. The van der Waals surface area contributed by atoms with Gasteiger partial charge in [-0.15, -0.1) is 0 Å². The minimum atomic E-state index is -4.00. The Hall–Kier alpha value is -2.90. The molecule has 0 aliphatic rings. The third kappa shape index (κ3) is 3.33. The molecule has 0 saturated heterocycles. The van der Waals surface area contributed by atoms with E-state index < -0.39 is 15.8 Å². The van der Waals surface area contributed by atoms with Crippen molar-refractivity contribution in [3.8, 4) is 11.1 Å². The summed E-state index contributed by atoms with van der Waals surface area (Å²) in [6.45, 7) is 0.0694. The average Bonchev–Trinajstić information content (AvgIpc) is 3.12.